The Kier molecular flexibility index (Phi) is 7.60. The molecule has 0 aliphatic carbocycles. The third-order valence-electron chi connectivity index (χ3n) is 11.6. The lowest BCUT2D eigenvalue weighted by Gasteiger charge is -2.18. The predicted octanol–water partition coefficient (Wildman–Crippen LogP) is 15.8. The Morgan fingerprint density at radius 3 is 1.34 bits per heavy atom. The highest BCUT2D eigenvalue weighted by Gasteiger charge is 2.17. The molecule has 0 atom stereocenters. The summed E-state index contributed by atoms with van der Waals surface area (Å²) in [4.78, 5) is 0. The van der Waals surface area contributed by atoms with Crippen LogP contribution in [-0.4, -0.2) is 0 Å². The summed E-state index contributed by atoms with van der Waals surface area (Å²) in [6, 6.07) is 80.3. The zero-order valence-electron chi connectivity index (χ0n) is 30.8. The molecule has 56 heavy (non-hydrogen) atoms. The van der Waals surface area contributed by atoms with Gasteiger partial charge < -0.3 is 0 Å². The van der Waals surface area contributed by atoms with Crippen LogP contribution in [0.4, 0.5) is 0 Å². The highest BCUT2D eigenvalue weighted by molar-refractivity contribution is 6.21. The number of hydrogen-bond donors (Lipinski definition) is 0. The van der Waals surface area contributed by atoms with Crippen molar-refractivity contribution in [3.8, 4) is 55.6 Å². The van der Waals surface area contributed by atoms with E-state index < -0.39 is 0 Å². The topological polar surface area (TPSA) is 0 Å². The van der Waals surface area contributed by atoms with Crippen molar-refractivity contribution in [3.63, 3.8) is 0 Å². The number of rotatable bonds is 5. The van der Waals surface area contributed by atoms with Crippen molar-refractivity contribution in [3.05, 3.63) is 218 Å². The third kappa shape index (κ3) is 5.38. The summed E-state index contributed by atoms with van der Waals surface area (Å²) in [5.41, 5.74) is 12.4. The van der Waals surface area contributed by atoms with Gasteiger partial charge in [0.1, 0.15) is 0 Å². The van der Waals surface area contributed by atoms with Crippen molar-refractivity contribution in [1.29, 1.82) is 0 Å². The molecule has 0 radical (unpaired) electrons. The van der Waals surface area contributed by atoms with Crippen LogP contribution in [0.25, 0.3) is 109 Å². The van der Waals surface area contributed by atoms with Crippen molar-refractivity contribution >= 4 is 53.9 Å². The molecule has 11 rings (SSSR count). The van der Waals surface area contributed by atoms with E-state index in [4.69, 9.17) is 0 Å². The standard InChI is InChI=1S/C56H36/c1-2-14-39(15-3-1)53-36-45-32-31-44(35-54(45)48-20-7-6-19-47(48)53)38-25-28-40(29-26-38)55-49-21-8-10-23-51(49)56(52-24-11-9-22-50(52)55)46-18-12-17-42(34-46)43-30-27-37-13-4-5-16-41(37)33-43/h1-36H. The van der Waals surface area contributed by atoms with Gasteiger partial charge in [-0.15, -0.1) is 0 Å². The summed E-state index contributed by atoms with van der Waals surface area (Å²) in [5, 5.41) is 12.7. The van der Waals surface area contributed by atoms with Crippen LogP contribution in [0, 0.1) is 0 Å². The largest absolute Gasteiger partial charge is 0.0622 e. The average molecular weight is 709 g/mol. The molecule has 0 nitrogen and oxygen atoms in total. The van der Waals surface area contributed by atoms with Crippen LogP contribution in [-0.2, 0) is 0 Å². The second-order valence-electron chi connectivity index (χ2n) is 14.8. The molecule has 0 unspecified atom stereocenters. The van der Waals surface area contributed by atoms with Gasteiger partial charge in [-0.1, -0.05) is 194 Å². The maximum absolute atomic E-state index is 2.37. The van der Waals surface area contributed by atoms with Crippen LogP contribution in [0.1, 0.15) is 0 Å². The number of fused-ring (bicyclic) bond motifs is 6. The Morgan fingerprint density at radius 2 is 0.643 bits per heavy atom. The Bertz CT molecular complexity index is 3220. The van der Waals surface area contributed by atoms with Gasteiger partial charge in [-0.3, -0.25) is 0 Å². The van der Waals surface area contributed by atoms with Gasteiger partial charge in [0.05, 0.1) is 0 Å². The molecule has 0 N–H and O–H groups in total. The molecule has 11 aromatic rings. The summed E-state index contributed by atoms with van der Waals surface area (Å²) < 4.78 is 0. The molecule has 0 fully saturated rings. The molecule has 0 heterocycles. The molecule has 0 heteroatoms. The minimum Gasteiger partial charge on any atom is -0.0622 e. The maximum atomic E-state index is 2.37. The molecule has 0 spiro atoms. The fraction of sp³-hybridized carbons (Fsp3) is 0. The van der Waals surface area contributed by atoms with E-state index in [9.17, 15) is 0 Å². The normalized spacial score (nSPS) is 11.6. The van der Waals surface area contributed by atoms with Gasteiger partial charge in [-0.25, -0.2) is 0 Å². The molecule has 0 aliphatic heterocycles. The van der Waals surface area contributed by atoms with Crippen LogP contribution < -0.4 is 0 Å². The minimum absolute atomic E-state index is 1.21. The van der Waals surface area contributed by atoms with Gasteiger partial charge in [0.25, 0.3) is 0 Å². The van der Waals surface area contributed by atoms with Crippen LogP contribution in [0.2, 0.25) is 0 Å². The van der Waals surface area contributed by atoms with Crippen LogP contribution in [0.15, 0.2) is 218 Å². The summed E-state index contributed by atoms with van der Waals surface area (Å²) >= 11 is 0. The minimum atomic E-state index is 1.21. The molecule has 0 aromatic heterocycles. The van der Waals surface area contributed by atoms with Crippen molar-refractivity contribution in [2.45, 2.75) is 0 Å². The van der Waals surface area contributed by atoms with E-state index in [2.05, 4.69) is 218 Å². The lowest BCUT2D eigenvalue weighted by atomic mass is 9.85. The van der Waals surface area contributed by atoms with E-state index in [1.807, 2.05) is 0 Å². The quantitative estimate of drug-likeness (QED) is 0.123. The molecular formula is C56H36. The Balaban J connectivity index is 1.02. The SMILES string of the molecule is c1ccc(-c2cc3ccc(-c4ccc(-c5c6ccccc6c(-c6cccc(-c7ccc8ccccc8c7)c6)c6ccccc56)cc4)cc3c3ccccc23)cc1. The summed E-state index contributed by atoms with van der Waals surface area (Å²) in [7, 11) is 0. The van der Waals surface area contributed by atoms with Gasteiger partial charge in [-0.2, -0.15) is 0 Å². The van der Waals surface area contributed by atoms with Crippen LogP contribution in [0.5, 0.6) is 0 Å². The van der Waals surface area contributed by atoms with Gasteiger partial charge in [0.15, 0.2) is 0 Å². The highest BCUT2D eigenvalue weighted by atomic mass is 14.2. The van der Waals surface area contributed by atoms with E-state index in [0.29, 0.717) is 0 Å². The van der Waals surface area contributed by atoms with Crippen molar-refractivity contribution in [1.82, 2.24) is 0 Å². The van der Waals surface area contributed by atoms with Gasteiger partial charge in [0.2, 0.25) is 0 Å². The Hall–Kier alpha value is -7.28. The van der Waals surface area contributed by atoms with Crippen LogP contribution in [0.3, 0.4) is 0 Å². The summed E-state index contributed by atoms with van der Waals surface area (Å²) in [6.07, 6.45) is 0. The predicted molar refractivity (Wildman–Crippen MR) is 241 cm³/mol. The highest BCUT2D eigenvalue weighted by Crippen LogP contribution is 2.45. The maximum Gasteiger partial charge on any atom is -0.00262 e. The second kappa shape index (κ2) is 13.2. The van der Waals surface area contributed by atoms with E-state index in [-0.39, 0.29) is 0 Å². The second-order valence-corrected chi connectivity index (χ2v) is 14.8. The lowest BCUT2D eigenvalue weighted by molar-refractivity contribution is 1.62. The Labute approximate surface area is 326 Å². The van der Waals surface area contributed by atoms with Gasteiger partial charge >= 0.3 is 0 Å². The third-order valence-corrected chi connectivity index (χ3v) is 11.6. The summed E-state index contributed by atoms with van der Waals surface area (Å²) in [6.45, 7) is 0. The molecule has 11 aromatic carbocycles. The molecule has 0 bridgehead atoms. The summed E-state index contributed by atoms with van der Waals surface area (Å²) in [5.74, 6) is 0. The van der Waals surface area contributed by atoms with Crippen molar-refractivity contribution in [2.24, 2.45) is 0 Å². The van der Waals surface area contributed by atoms with E-state index in [1.54, 1.807) is 0 Å². The van der Waals surface area contributed by atoms with E-state index in [0.717, 1.165) is 0 Å². The van der Waals surface area contributed by atoms with Crippen molar-refractivity contribution in [2.75, 3.05) is 0 Å². The fourth-order valence-corrected chi connectivity index (χ4v) is 8.94. The first-order valence-corrected chi connectivity index (χ1v) is 19.4. The first-order chi connectivity index (χ1) is 27.8. The Morgan fingerprint density at radius 1 is 0.179 bits per heavy atom. The van der Waals surface area contributed by atoms with Crippen molar-refractivity contribution < 1.29 is 0 Å². The van der Waals surface area contributed by atoms with Crippen LogP contribution >= 0.6 is 0 Å². The zero-order valence-corrected chi connectivity index (χ0v) is 30.8. The van der Waals surface area contributed by atoms with E-state index in [1.165, 1.54) is 109 Å². The van der Waals surface area contributed by atoms with Gasteiger partial charge in [-0.05, 0) is 134 Å². The molecule has 0 amide bonds. The molecule has 0 saturated carbocycles. The first-order valence-electron chi connectivity index (χ1n) is 19.4. The average Bonchev–Trinajstić information content (AvgIpc) is 3.28. The number of benzene rings is 11. The lowest BCUT2D eigenvalue weighted by Crippen LogP contribution is -1.91. The fourth-order valence-electron chi connectivity index (χ4n) is 8.94. The molecule has 0 aliphatic rings. The van der Waals surface area contributed by atoms with Gasteiger partial charge in [0, 0.05) is 0 Å². The monoisotopic (exact) mass is 708 g/mol. The first kappa shape index (κ1) is 32.2. The molecule has 260 valence electrons. The number of hydrogen-bond acceptors (Lipinski definition) is 0. The van der Waals surface area contributed by atoms with E-state index >= 15 is 0 Å². The molecular weight excluding hydrogens is 673 g/mol. The smallest absolute Gasteiger partial charge is 0.00262 e. The zero-order chi connectivity index (χ0) is 37.0. The molecule has 0 saturated heterocycles.